The Morgan fingerprint density at radius 2 is 1.77 bits per heavy atom. The summed E-state index contributed by atoms with van der Waals surface area (Å²) in [4.78, 5) is 2.63. The van der Waals surface area contributed by atoms with Crippen LogP contribution in [0.25, 0.3) is 0 Å². The van der Waals surface area contributed by atoms with Crippen molar-refractivity contribution < 1.29 is 14.2 Å². The Kier molecular flexibility index (Phi) is 6.98. The fourth-order valence-electron chi connectivity index (χ4n) is 4.96. The van der Waals surface area contributed by atoms with E-state index in [1.54, 1.807) is 14.2 Å². The van der Waals surface area contributed by atoms with Gasteiger partial charge in [0.25, 0.3) is 0 Å². The summed E-state index contributed by atoms with van der Waals surface area (Å²) in [6.07, 6.45) is 10.8. The molecule has 4 nitrogen and oxygen atoms in total. The minimum atomic E-state index is 0.397. The first-order valence-corrected chi connectivity index (χ1v) is 11.2. The molecule has 0 radical (unpaired) electrons. The summed E-state index contributed by atoms with van der Waals surface area (Å²) in [6.45, 7) is 4.87. The van der Waals surface area contributed by atoms with Crippen LogP contribution in [0.3, 0.4) is 0 Å². The van der Waals surface area contributed by atoms with E-state index in [1.165, 1.54) is 16.7 Å². The Balaban J connectivity index is 1.52. The van der Waals surface area contributed by atoms with E-state index in [-0.39, 0.29) is 0 Å². The molecule has 4 heteroatoms. The fraction of sp³-hybridized carbons (Fsp3) is 0.407. The second-order valence-corrected chi connectivity index (χ2v) is 8.38. The SMILES string of the molecule is C/C=C\[C@H]1CN2CCc3cc(OC)c(OC)cc3[C@@H]2C[C@@H]1/C=C/OCc1ccccc1. The summed E-state index contributed by atoms with van der Waals surface area (Å²) >= 11 is 0. The van der Waals surface area contributed by atoms with E-state index in [2.05, 4.69) is 54.3 Å². The summed E-state index contributed by atoms with van der Waals surface area (Å²) < 4.78 is 17.0. The number of nitrogens with zero attached hydrogens (tertiary/aromatic N) is 1. The molecular weight excluding hydrogens is 386 g/mol. The van der Waals surface area contributed by atoms with E-state index in [9.17, 15) is 0 Å². The van der Waals surface area contributed by atoms with E-state index in [4.69, 9.17) is 14.2 Å². The third-order valence-corrected chi connectivity index (χ3v) is 6.56. The smallest absolute Gasteiger partial charge is 0.161 e. The van der Waals surface area contributed by atoms with E-state index < -0.39 is 0 Å². The normalized spacial score (nSPS) is 23.5. The maximum atomic E-state index is 5.87. The molecule has 0 N–H and O–H groups in total. The van der Waals surface area contributed by atoms with Crippen LogP contribution in [0.1, 0.15) is 36.1 Å². The van der Waals surface area contributed by atoms with Crippen LogP contribution in [0.5, 0.6) is 11.5 Å². The number of hydrogen-bond acceptors (Lipinski definition) is 4. The van der Waals surface area contributed by atoms with E-state index >= 15 is 0 Å². The highest BCUT2D eigenvalue weighted by Crippen LogP contribution is 2.45. The first-order valence-electron chi connectivity index (χ1n) is 11.2. The van der Waals surface area contributed by atoms with Gasteiger partial charge in [0.15, 0.2) is 11.5 Å². The third-order valence-electron chi connectivity index (χ3n) is 6.56. The number of hydrogen-bond donors (Lipinski definition) is 0. The van der Waals surface area contributed by atoms with Crippen molar-refractivity contribution in [2.75, 3.05) is 27.3 Å². The Morgan fingerprint density at radius 1 is 1.00 bits per heavy atom. The summed E-state index contributed by atoms with van der Waals surface area (Å²) in [7, 11) is 3.42. The monoisotopic (exact) mass is 419 g/mol. The summed E-state index contributed by atoms with van der Waals surface area (Å²) in [5, 5.41) is 0. The average Bonchev–Trinajstić information content (AvgIpc) is 2.81. The molecule has 31 heavy (non-hydrogen) atoms. The maximum absolute atomic E-state index is 5.87. The molecule has 0 bridgehead atoms. The van der Waals surface area contributed by atoms with Crippen molar-refractivity contribution in [1.29, 1.82) is 0 Å². The Hall–Kier alpha value is -2.72. The standard InChI is InChI=1S/C27H33NO3/c1-4-8-23-18-28-13-11-22-16-26(29-2)27(30-3)17-24(22)25(28)15-21(23)12-14-31-19-20-9-6-5-7-10-20/h4-10,12,14,16-17,21,23,25H,11,13,15,18-19H2,1-3H3/b8-4-,14-12+/t21-,23-,25-/m0/s1. The Labute approximate surface area is 186 Å². The second-order valence-electron chi connectivity index (χ2n) is 8.38. The van der Waals surface area contributed by atoms with Crippen LogP contribution in [0.15, 0.2) is 67.0 Å². The minimum Gasteiger partial charge on any atom is -0.497 e. The Bertz CT molecular complexity index is 922. The van der Waals surface area contributed by atoms with Crippen LogP contribution in [0.2, 0.25) is 0 Å². The van der Waals surface area contributed by atoms with Crippen LogP contribution in [0, 0.1) is 11.8 Å². The van der Waals surface area contributed by atoms with Crippen molar-refractivity contribution in [1.82, 2.24) is 4.90 Å². The Morgan fingerprint density at radius 3 is 2.52 bits per heavy atom. The van der Waals surface area contributed by atoms with Gasteiger partial charge in [-0.05, 0) is 66.5 Å². The lowest BCUT2D eigenvalue weighted by atomic mass is 9.76. The summed E-state index contributed by atoms with van der Waals surface area (Å²) in [5.41, 5.74) is 3.95. The molecule has 2 aliphatic rings. The fourth-order valence-corrected chi connectivity index (χ4v) is 4.96. The van der Waals surface area contributed by atoms with Crippen LogP contribution in [-0.2, 0) is 17.8 Å². The van der Waals surface area contributed by atoms with E-state index in [0.717, 1.165) is 37.4 Å². The zero-order chi connectivity index (χ0) is 21.6. The largest absolute Gasteiger partial charge is 0.497 e. The highest BCUT2D eigenvalue weighted by Gasteiger charge is 2.37. The van der Waals surface area contributed by atoms with Crippen molar-refractivity contribution in [3.63, 3.8) is 0 Å². The lowest BCUT2D eigenvalue weighted by molar-refractivity contribution is 0.0873. The molecule has 0 spiro atoms. The molecule has 0 aromatic heterocycles. The van der Waals surface area contributed by atoms with Gasteiger partial charge in [0.05, 0.1) is 20.5 Å². The number of rotatable bonds is 7. The van der Waals surface area contributed by atoms with Gasteiger partial charge in [-0.2, -0.15) is 0 Å². The molecule has 164 valence electrons. The van der Waals surface area contributed by atoms with Crippen molar-refractivity contribution >= 4 is 0 Å². The van der Waals surface area contributed by atoms with Gasteiger partial charge in [-0.15, -0.1) is 0 Å². The third kappa shape index (κ3) is 4.80. The molecule has 2 aliphatic heterocycles. The molecule has 2 aromatic carbocycles. The number of methoxy groups -OCH3 is 2. The molecule has 1 fully saturated rings. The molecule has 4 rings (SSSR count). The van der Waals surface area contributed by atoms with Gasteiger partial charge in [0, 0.05) is 19.1 Å². The van der Waals surface area contributed by atoms with Gasteiger partial charge in [-0.1, -0.05) is 42.5 Å². The predicted octanol–water partition coefficient (Wildman–Crippen LogP) is 5.55. The molecule has 2 aromatic rings. The number of allylic oxidation sites excluding steroid dienone is 2. The maximum Gasteiger partial charge on any atom is 0.161 e. The van der Waals surface area contributed by atoms with Crippen LogP contribution < -0.4 is 9.47 Å². The average molecular weight is 420 g/mol. The molecule has 0 aliphatic carbocycles. The van der Waals surface area contributed by atoms with Gasteiger partial charge in [-0.3, -0.25) is 4.90 Å². The topological polar surface area (TPSA) is 30.9 Å². The molecule has 2 heterocycles. The van der Waals surface area contributed by atoms with Gasteiger partial charge >= 0.3 is 0 Å². The van der Waals surface area contributed by atoms with Gasteiger partial charge in [0.1, 0.15) is 6.61 Å². The number of fused-ring (bicyclic) bond motifs is 3. The summed E-state index contributed by atoms with van der Waals surface area (Å²) in [5.74, 6) is 2.58. The first-order chi connectivity index (χ1) is 15.2. The molecule has 3 atom stereocenters. The highest BCUT2D eigenvalue weighted by atomic mass is 16.5. The quantitative estimate of drug-likeness (QED) is 0.435. The number of benzene rings is 2. The van der Waals surface area contributed by atoms with E-state index in [0.29, 0.717) is 24.5 Å². The molecule has 0 saturated carbocycles. The van der Waals surface area contributed by atoms with Crippen LogP contribution >= 0.6 is 0 Å². The van der Waals surface area contributed by atoms with Crippen molar-refractivity contribution in [2.24, 2.45) is 11.8 Å². The first kappa shape index (κ1) is 21.5. The summed E-state index contributed by atoms with van der Waals surface area (Å²) in [6, 6.07) is 15.1. The number of ether oxygens (including phenoxy) is 3. The number of piperidine rings is 1. The molecule has 1 saturated heterocycles. The van der Waals surface area contributed by atoms with E-state index in [1.807, 2.05) is 24.5 Å². The molecule has 0 unspecified atom stereocenters. The van der Waals surface area contributed by atoms with Crippen molar-refractivity contribution in [3.8, 4) is 11.5 Å². The molecular formula is C27H33NO3. The lowest BCUT2D eigenvalue weighted by Crippen LogP contribution is -2.45. The minimum absolute atomic E-state index is 0.397. The molecule has 0 amide bonds. The van der Waals surface area contributed by atoms with Crippen LogP contribution in [0.4, 0.5) is 0 Å². The van der Waals surface area contributed by atoms with Crippen LogP contribution in [-0.4, -0.2) is 32.2 Å². The van der Waals surface area contributed by atoms with Gasteiger partial charge < -0.3 is 14.2 Å². The van der Waals surface area contributed by atoms with Gasteiger partial charge in [-0.25, -0.2) is 0 Å². The van der Waals surface area contributed by atoms with Crippen molar-refractivity contribution in [3.05, 3.63) is 83.6 Å². The highest BCUT2D eigenvalue weighted by molar-refractivity contribution is 5.49. The van der Waals surface area contributed by atoms with Crippen molar-refractivity contribution in [2.45, 2.75) is 32.4 Å². The zero-order valence-corrected chi connectivity index (χ0v) is 18.8. The predicted molar refractivity (Wildman–Crippen MR) is 124 cm³/mol. The zero-order valence-electron chi connectivity index (χ0n) is 18.8. The van der Waals surface area contributed by atoms with Gasteiger partial charge in [0.2, 0.25) is 0 Å². The lowest BCUT2D eigenvalue weighted by Gasteiger charge is -2.46. The second kappa shape index (κ2) is 10.1.